The largest absolute Gasteiger partial charge is 0.352 e. The number of carbonyl (C=O) groups is 1. The van der Waals surface area contributed by atoms with Gasteiger partial charge >= 0.3 is 0 Å². The molecule has 1 aromatic carbocycles. The summed E-state index contributed by atoms with van der Waals surface area (Å²) in [6.07, 6.45) is 2.32. The molecule has 1 atom stereocenters. The highest BCUT2D eigenvalue weighted by atomic mass is 79.9. The van der Waals surface area contributed by atoms with Crippen LogP contribution >= 0.6 is 26.6 Å². The highest BCUT2D eigenvalue weighted by molar-refractivity contribution is 9.10. The maximum atomic E-state index is 13.5. The van der Waals surface area contributed by atoms with Crippen LogP contribution in [0, 0.1) is 17.7 Å². The molecule has 0 heterocycles. The van der Waals surface area contributed by atoms with Gasteiger partial charge in [-0.3, -0.25) is 4.79 Å². The van der Waals surface area contributed by atoms with Crippen molar-refractivity contribution in [3.05, 3.63) is 28.0 Å². The van der Waals surface area contributed by atoms with Crippen LogP contribution in [0.5, 0.6) is 0 Å². The van der Waals surface area contributed by atoms with Crippen LogP contribution in [-0.2, 0) is 9.05 Å². The Kier molecular flexibility index (Phi) is 4.95. The van der Waals surface area contributed by atoms with Crippen molar-refractivity contribution in [3.63, 3.8) is 0 Å². The molecular formula is C13H14BrClFNO3S. The van der Waals surface area contributed by atoms with Crippen LogP contribution in [0.2, 0.25) is 0 Å². The summed E-state index contributed by atoms with van der Waals surface area (Å²) in [6.45, 7) is 2.50. The minimum Gasteiger partial charge on any atom is -0.352 e. The molecule has 21 heavy (non-hydrogen) atoms. The number of halogens is 3. The number of hydrogen-bond acceptors (Lipinski definition) is 3. The lowest BCUT2D eigenvalue weighted by Crippen LogP contribution is -2.29. The SMILES string of the molecule is CC(CNC(=O)c1cc(F)cc(S(=O)(=O)Cl)c1Br)C1CC1. The van der Waals surface area contributed by atoms with Gasteiger partial charge in [0.15, 0.2) is 0 Å². The highest BCUT2D eigenvalue weighted by Crippen LogP contribution is 2.36. The second-order valence-corrected chi connectivity index (χ2v) is 8.56. The Morgan fingerprint density at radius 1 is 1.52 bits per heavy atom. The van der Waals surface area contributed by atoms with Gasteiger partial charge in [-0.05, 0) is 52.7 Å². The van der Waals surface area contributed by atoms with Crippen molar-refractivity contribution in [1.82, 2.24) is 5.32 Å². The van der Waals surface area contributed by atoms with E-state index in [1.807, 2.05) is 6.92 Å². The number of amides is 1. The molecule has 0 aromatic heterocycles. The number of benzene rings is 1. The van der Waals surface area contributed by atoms with Gasteiger partial charge in [-0.25, -0.2) is 12.8 Å². The van der Waals surface area contributed by atoms with Crippen molar-refractivity contribution in [3.8, 4) is 0 Å². The molecule has 4 nitrogen and oxygen atoms in total. The molecule has 1 aliphatic rings. The highest BCUT2D eigenvalue weighted by Gasteiger charge is 2.28. The van der Waals surface area contributed by atoms with Gasteiger partial charge in [-0.15, -0.1) is 0 Å². The second-order valence-electron chi connectivity index (χ2n) is 5.23. The Morgan fingerprint density at radius 3 is 2.67 bits per heavy atom. The molecule has 0 bridgehead atoms. The van der Waals surface area contributed by atoms with Crippen LogP contribution in [0.3, 0.4) is 0 Å². The normalized spacial score (nSPS) is 16.6. The molecular weight excluding hydrogens is 385 g/mol. The third-order valence-corrected chi connectivity index (χ3v) is 5.99. The van der Waals surface area contributed by atoms with E-state index in [1.165, 1.54) is 0 Å². The third-order valence-electron chi connectivity index (χ3n) is 3.52. The zero-order valence-electron chi connectivity index (χ0n) is 11.2. The minimum atomic E-state index is -4.14. The first-order valence-corrected chi connectivity index (χ1v) is 9.52. The number of nitrogens with one attached hydrogen (secondary N) is 1. The Hall–Kier alpha value is -0.660. The first kappa shape index (κ1) is 16.7. The van der Waals surface area contributed by atoms with Gasteiger partial charge in [0.25, 0.3) is 15.0 Å². The Morgan fingerprint density at radius 2 is 2.14 bits per heavy atom. The summed E-state index contributed by atoms with van der Waals surface area (Å²) in [6, 6.07) is 1.75. The van der Waals surface area contributed by atoms with E-state index in [0.717, 1.165) is 25.0 Å². The topological polar surface area (TPSA) is 63.2 Å². The molecule has 0 radical (unpaired) electrons. The average molecular weight is 399 g/mol. The van der Waals surface area contributed by atoms with Gasteiger partial charge in [-0.2, -0.15) is 0 Å². The Balaban J connectivity index is 2.22. The predicted molar refractivity (Wildman–Crippen MR) is 81.4 cm³/mol. The molecule has 1 saturated carbocycles. The smallest absolute Gasteiger partial charge is 0.262 e. The van der Waals surface area contributed by atoms with Gasteiger partial charge < -0.3 is 5.32 Å². The Bertz CT molecular complexity index is 676. The number of hydrogen-bond donors (Lipinski definition) is 1. The second kappa shape index (κ2) is 6.22. The van der Waals surface area contributed by atoms with Crippen LogP contribution in [0.1, 0.15) is 30.1 Å². The molecule has 1 aliphatic carbocycles. The fourth-order valence-electron chi connectivity index (χ4n) is 2.09. The minimum absolute atomic E-state index is 0.0320. The lowest BCUT2D eigenvalue weighted by Gasteiger charge is -2.13. The zero-order valence-corrected chi connectivity index (χ0v) is 14.4. The molecule has 1 N–H and O–H groups in total. The lowest BCUT2D eigenvalue weighted by atomic mass is 10.1. The van der Waals surface area contributed by atoms with Crippen molar-refractivity contribution in [2.24, 2.45) is 11.8 Å². The molecule has 0 saturated heterocycles. The summed E-state index contributed by atoms with van der Waals surface area (Å²) in [7, 11) is 1.09. The van der Waals surface area contributed by atoms with E-state index in [-0.39, 0.29) is 10.0 Å². The molecule has 0 spiro atoms. The summed E-state index contributed by atoms with van der Waals surface area (Å²) < 4.78 is 36.2. The van der Waals surface area contributed by atoms with E-state index in [2.05, 4.69) is 21.2 Å². The average Bonchev–Trinajstić information content (AvgIpc) is 3.20. The number of rotatable bonds is 5. The van der Waals surface area contributed by atoms with Gasteiger partial charge in [-0.1, -0.05) is 6.92 Å². The number of carbonyl (C=O) groups excluding carboxylic acids is 1. The summed E-state index contributed by atoms with van der Waals surface area (Å²) in [5.74, 6) is -0.397. The van der Waals surface area contributed by atoms with Crippen LogP contribution in [-0.4, -0.2) is 20.9 Å². The van der Waals surface area contributed by atoms with E-state index >= 15 is 0 Å². The van der Waals surface area contributed by atoms with E-state index < -0.39 is 25.7 Å². The molecule has 8 heteroatoms. The van der Waals surface area contributed by atoms with Crippen molar-refractivity contribution < 1.29 is 17.6 Å². The van der Waals surface area contributed by atoms with Crippen molar-refractivity contribution in [2.45, 2.75) is 24.7 Å². The summed E-state index contributed by atoms with van der Waals surface area (Å²) >= 11 is 3.01. The van der Waals surface area contributed by atoms with Gasteiger partial charge in [0, 0.05) is 17.2 Å². The van der Waals surface area contributed by atoms with Crippen LogP contribution in [0.25, 0.3) is 0 Å². The van der Waals surface area contributed by atoms with E-state index in [9.17, 15) is 17.6 Å². The van der Waals surface area contributed by atoms with Gasteiger partial charge in [0.2, 0.25) is 0 Å². The van der Waals surface area contributed by atoms with Crippen molar-refractivity contribution in [2.75, 3.05) is 6.54 Å². The first-order valence-electron chi connectivity index (χ1n) is 6.42. The molecule has 1 fully saturated rings. The predicted octanol–water partition coefficient (Wildman–Crippen LogP) is 3.29. The van der Waals surface area contributed by atoms with E-state index in [0.29, 0.717) is 18.4 Å². The van der Waals surface area contributed by atoms with Crippen molar-refractivity contribution >= 4 is 41.6 Å². The van der Waals surface area contributed by atoms with E-state index in [4.69, 9.17) is 10.7 Å². The van der Waals surface area contributed by atoms with Crippen LogP contribution in [0.15, 0.2) is 21.5 Å². The Labute approximate surface area is 135 Å². The fraction of sp³-hybridized carbons (Fsp3) is 0.462. The van der Waals surface area contributed by atoms with Gasteiger partial charge in [0.1, 0.15) is 10.7 Å². The summed E-state index contributed by atoms with van der Waals surface area (Å²) in [4.78, 5) is 11.6. The van der Waals surface area contributed by atoms with Crippen LogP contribution in [0.4, 0.5) is 4.39 Å². The third kappa shape index (κ3) is 4.17. The zero-order chi connectivity index (χ0) is 15.8. The summed E-state index contributed by atoms with van der Waals surface area (Å²) in [5, 5.41) is 2.69. The molecule has 0 aliphatic heterocycles. The molecule has 1 amide bonds. The molecule has 1 unspecified atom stereocenters. The molecule has 2 rings (SSSR count). The maximum Gasteiger partial charge on any atom is 0.262 e. The van der Waals surface area contributed by atoms with Crippen molar-refractivity contribution in [1.29, 1.82) is 0 Å². The maximum absolute atomic E-state index is 13.5. The van der Waals surface area contributed by atoms with Gasteiger partial charge in [0.05, 0.1) is 10.0 Å². The lowest BCUT2D eigenvalue weighted by molar-refractivity contribution is 0.0945. The fourth-order valence-corrected chi connectivity index (χ4v) is 4.36. The first-order chi connectivity index (χ1) is 9.70. The van der Waals surface area contributed by atoms with Crippen LogP contribution < -0.4 is 5.32 Å². The monoisotopic (exact) mass is 397 g/mol. The standard InChI is InChI=1S/C13H14BrClFNO3S/c1-7(8-2-3-8)6-17-13(18)10-4-9(16)5-11(12(10)14)21(15,19)20/h4-5,7-8H,2-3,6H2,1H3,(H,17,18). The molecule has 1 aromatic rings. The molecule has 116 valence electrons. The quantitative estimate of drug-likeness (QED) is 0.774. The van der Waals surface area contributed by atoms with E-state index in [1.54, 1.807) is 0 Å². The summed E-state index contributed by atoms with van der Waals surface area (Å²) in [5.41, 5.74) is -0.0859.